The molecule has 0 aliphatic heterocycles. The molecule has 0 saturated heterocycles. The number of nitriles is 1. The molecule has 0 atom stereocenters. The highest BCUT2D eigenvalue weighted by Gasteiger charge is 1.99. The first-order chi connectivity index (χ1) is 6.77. The molecule has 0 radical (unpaired) electrons. The highest BCUT2D eigenvalue weighted by molar-refractivity contribution is 5.48. The first kappa shape index (κ1) is 10.6. The van der Waals surface area contributed by atoms with Crippen LogP contribution in [0.25, 0.3) is 0 Å². The van der Waals surface area contributed by atoms with Crippen LogP contribution in [0, 0.1) is 11.3 Å². The molecule has 2 heteroatoms. The Morgan fingerprint density at radius 2 is 1.93 bits per heavy atom. The summed E-state index contributed by atoms with van der Waals surface area (Å²) in [6, 6.07) is 9.82. The molecule has 1 aromatic carbocycles. The second kappa shape index (κ2) is 5.29. The smallest absolute Gasteiger partial charge is 0.0991 e. The van der Waals surface area contributed by atoms with E-state index in [2.05, 4.69) is 24.9 Å². The number of unbranched alkanes of at least 4 members (excludes halogenated alkanes) is 1. The van der Waals surface area contributed by atoms with Crippen LogP contribution in [0.3, 0.4) is 0 Å². The van der Waals surface area contributed by atoms with E-state index in [1.165, 1.54) is 18.5 Å². The molecular weight excluding hydrogens is 172 g/mol. The van der Waals surface area contributed by atoms with Gasteiger partial charge in [-0.25, -0.2) is 0 Å². The maximum Gasteiger partial charge on any atom is 0.0991 e. The van der Waals surface area contributed by atoms with Crippen LogP contribution >= 0.6 is 0 Å². The summed E-state index contributed by atoms with van der Waals surface area (Å²) in [6.45, 7) is 3.26. The maximum atomic E-state index is 8.64. The van der Waals surface area contributed by atoms with E-state index in [0.717, 1.165) is 12.1 Å². The number of rotatable bonds is 4. The number of hydrogen-bond donors (Lipinski definition) is 0. The molecule has 0 bridgehead atoms. The van der Waals surface area contributed by atoms with Crippen molar-refractivity contribution in [3.05, 3.63) is 29.8 Å². The highest BCUT2D eigenvalue weighted by atomic mass is 15.1. The Kier molecular flexibility index (Phi) is 4.00. The zero-order chi connectivity index (χ0) is 10.4. The maximum absolute atomic E-state index is 8.64. The SMILES string of the molecule is CCCCN(C)c1ccc(C#N)cc1. The van der Waals surface area contributed by atoms with Gasteiger partial charge in [0.05, 0.1) is 11.6 Å². The molecule has 0 N–H and O–H groups in total. The third-order valence-corrected chi connectivity index (χ3v) is 2.28. The third kappa shape index (κ3) is 2.77. The summed E-state index contributed by atoms with van der Waals surface area (Å²) in [7, 11) is 2.08. The normalized spacial score (nSPS) is 9.50. The number of nitrogens with zero attached hydrogens (tertiary/aromatic N) is 2. The zero-order valence-corrected chi connectivity index (χ0v) is 8.83. The van der Waals surface area contributed by atoms with Gasteiger partial charge in [0.25, 0.3) is 0 Å². The van der Waals surface area contributed by atoms with Crippen LogP contribution in [0.2, 0.25) is 0 Å². The van der Waals surface area contributed by atoms with Crippen molar-refractivity contribution in [3.8, 4) is 6.07 Å². The molecule has 0 unspecified atom stereocenters. The van der Waals surface area contributed by atoms with Crippen molar-refractivity contribution in [3.63, 3.8) is 0 Å². The highest BCUT2D eigenvalue weighted by Crippen LogP contribution is 2.13. The summed E-state index contributed by atoms with van der Waals surface area (Å²) in [4.78, 5) is 2.21. The van der Waals surface area contributed by atoms with Crippen molar-refractivity contribution < 1.29 is 0 Å². The quantitative estimate of drug-likeness (QED) is 0.726. The lowest BCUT2D eigenvalue weighted by Gasteiger charge is -2.18. The Hall–Kier alpha value is -1.49. The molecular formula is C12H16N2. The van der Waals surface area contributed by atoms with Crippen LogP contribution in [0.4, 0.5) is 5.69 Å². The lowest BCUT2D eigenvalue weighted by molar-refractivity contribution is 0.767. The molecule has 0 amide bonds. The Labute approximate surface area is 85.8 Å². The Morgan fingerprint density at radius 1 is 1.29 bits per heavy atom. The Morgan fingerprint density at radius 3 is 2.43 bits per heavy atom. The minimum absolute atomic E-state index is 0.720. The fourth-order valence-corrected chi connectivity index (χ4v) is 1.31. The number of hydrogen-bond acceptors (Lipinski definition) is 2. The van der Waals surface area contributed by atoms with Crippen LogP contribution < -0.4 is 4.90 Å². The molecule has 0 aliphatic carbocycles. The molecule has 0 spiro atoms. The molecule has 2 nitrogen and oxygen atoms in total. The third-order valence-electron chi connectivity index (χ3n) is 2.28. The van der Waals surface area contributed by atoms with Crippen molar-refractivity contribution in [2.45, 2.75) is 19.8 Å². The van der Waals surface area contributed by atoms with Gasteiger partial charge in [-0.15, -0.1) is 0 Å². The monoisotopic (exact) mass is 188 g/mol. The minimum Gasteiger partial charge on any atom is -0.375 e. The lowest BCUT2D eigenvalue weighted by Crippen LogP contribution is -2.17. The average Bonchev–Trinajstić information content (AvgIpc) is 2.26. The molecule has 0 fully saturated rings. The van der Waals surface area contributed by atoms with E-state index >= 15 is 0 Å². The van der Waals surface area contributed by atoms with E-state index in [0.29, 0.717) is 0 Å². The van der Waals surface area contributed by atoms with Crippen LogP contribution in [0.1, 0.15) is 25.3 Å². The van der Waals surface area contributed by atoms with Crippen molar-refractivity contribution in [1.29, 1.82) is 5.26 Å². The van der Waals surface area contributed by atoms with E-state index < -0.39 is 0 Å². The summed E-state index contributed by atoms with van der Waals surface area (Å²) in [5, 5.41) is 8.64. The van der Waals surface area contributed by atoms with Gasteiger partial charge in [0.2, 0.25) is 0 Å². The molecule has 1 aromatic rings. The topological polar surface area (TPSA) is 27.0 Å². The first-order valence-corrected chi connectivity index (χ1v) is 4.99. The van der Waals surface area contributed by atoms with Crippen molar-refractivity contribution in [2.75, 3.05) is 18.5 Å². The van der Waals surface area contributed by atoms with Gasteiger partial charge < -0.3 is 4.90 Å². The largest absolute Gasteiger partial charge is 0.375 e. The van der Waals surface area contributed by atoms with Crippen LogP contribution in [-0.2, 0) is 0 Å². The summed E-state index contributed by atoms with van der Waals surface area (Å²) >= 11 is 0. The summed E-state index contributed by atoms with van der Waals surface area (Å²) in [5.74, 6) is 0. The van der Waals surface area contributed by atoms with Crippen LogP contribution in [0.15, 0.2) is 24.3 Å². The standard InChI is InChI=1S/C12H16N2/c1-3-4-9-14(2)12-7-5-11(10-13)6-8-12/h5-8H,3-4,9H2,1-2H3. The van der Waals surface area contributed by atoms with E-state index in [-0.39, 0.29) is 0 Å². The minimum atomic E-state index is 0.720. The van der Waals surface area contributed by atoms with Gasteiger partial charge in [-0.3, -0.25) is 0 Å². The molecule has 14 heavy (non-hydrogen) atoms. The second-order valence-corrected chi connectivity index (χ2v) is 3.43. The molecule has 0 aromatic heterocycles. The molecule has 74 valence electrons. The predicted molar refractivity (Wildman–Crippen MR) is 59.3 cm³/mol. The second-order valence-electron chi connectivity index (χ2n) is 3.43. The summed E-state index contributed by atoms with van der Waals surface area (Å²) < 4.78 is 0. The first-order valence-electron chi connectivity index (χ1n) is 4.99. The van der Waals surface area contributed by atoms with Crippen LogP contribution in [-0.4, -0.2) is 13.6 Å². The van der Waals surface area contributed by atoms with Crippen molar-refractivity contribution >= 4 is 5.69 Å². The van der Waals surface area contributed by atoms with E-state index in [1.807, 2.05) is 24.3 Å². The lowest BCUT2D eigenvalue weighted by atomic mass is 10.2. The van der Waals surface area contributed by atoms with E-state index in [1.54, 1.807) is 0 Å². The number of anilines is 1. The Bertz CT molecular complexity index is 308. The van der Waals surface area contributed by atoms with Gasteiger partial charge in [0, 0.05) is 19.3 Å². The van der Waals surface area contributed by atoms with Crippen LogP contribution in [0.5, 0.6) is 0 Å². The predicted octanol–water partition coefficient (Wildman–Crippen LogP) is 2.79. The molecule has 0 aliphatic rings. The van der Waals surface area contributed by atoms with E-state index in [4.69, 9.17) is 5.26 Å². The van der Waals surface area contributed by atoms with Gasteiger partial charge in [-0.1, -0.05) is 13.3 Å². The van der Waals surface area contributed by atoms with Gasteiger partial charge in [0.1, 0.15) is 0 Å². The van der Waals surface area contributed by atoms with Gasteiger partial charge in [-0.2, -0.15) is 5.26 Å². The van der Waals surface area contributed by atoms with Gasteiger partial charge in [0.15, 0.2) is 0 Å². The fourth-order valence-electron chi connectivity index (χ4n) is 1.31. The van der Waals surface area contributed by atoms with E-state index in [9.17, 15) is 0 Å². The Balaban J connectivity index is 2.63. The number of benzene rings is 1. The molecule has 0 saturated carbocycles. The fraction of sp³-hybridized carbons (Fsp3) is 0.417. The van der Waals surface area contributed by atoms with Gasteiger partial charge >= 0.3 is 0 Å². The molecule has 0 heterocycles. The van der Waals surface area contributed by atoms with Gasteiger partial charge in [-0.05, 0) is 30.7 Å². The summed E-state index contributed by atoms with van der Waals surface area (Å²) in [6.07, 6.45) is 2.41. The molecule has 1 rings (SSSR count). The zero-order valence-electron chi connectivity index (χ0n) is 8.83. The van der Waals surface area contributed by atoms with Crippen molar-refractivity contribution in [1.82, 2.24) is 0 Å². The average molecular weight is 188 g/mol. The summed E-state index contributed by atoms with van der Waals surface area (Å²) in [5.41, 5.74) is 1.90. The van der Waals surface area contributed by atoms with Crippen molar-refractivity contribution in [2.24, 2.45) is 0 Å².